The van der Waals surface area contributed by atoms with Crippen molar-refractivity contribution >= 4 is 0 Å². The molecular weight excluding hydrogens is 198 g/mol. The fourth-order valence-corrected chi connectivity index (χ4v) is 1.60. The first-order valence-electron chi connectivity index (χ1n) is 6.23. The van der Waals surface area contributed by atoms with Crippen molar-refractivity contribution in [2.24, 2.45) is 0 Å². The van der Waals surface area contributed by atoms with E-state index in [9.17, 15) is 0 Å². The van der Waals surface area contributed by atoms with Gasteiger partial charge in [0.15, 0.2) is 0 Å². The average Bonchev–Trinajstić information content (AvgIpc) is 2.33. The Kier molecular flexibility index (Phi) is 6.66. The normalized spacial score (nSPS) is 10.4. The Balaban J connectivity index is 2.27. The van der Waals surface area contributed by atoms with Gasteiger partial charge >= 0.3 is 0 Å². The van der Waals surface area contributed by atoms with E-state index in [1.54, 1.807) is 0 Å². The van der Waals surface area contributed by atoms with Gasteiger partial charge in [-0.15, -0.1) is 0 Å². The van der Waals surface area contributed by atoms with E-state index in [-0.39, 0.29) is 0 Å². The van der Waals surface area contributed by atoms with Crippen molar-refractivity contribution in [1.29, 1.82) is 0 Å². The van der Waals surface area contributed by atoms with Crippen molar-refractivity contribution in [2.45, 2.75) is 32.6 Å². The third kappa shape index (κ3) is 5.17. The lowest BCUT2D eigenvalue weighted by atomic mass is 10.1. The van der Waals surface area contributed by atoms with Crippen LogP contribution in [0.5, 0.6) is 5.75 Å². The van der Waals surface area contributed by atoms with E-state index in [0.717, 1.165) is 31.7 Å². The van der Waals surface area contributed by atoms with Crippen LogP contribution in [0.15, 0.2) is 24.3 Å². The highest BCUT2D eigenvalue weighted by Gasteiger charge is 1.95. The van der Waals surface area contributed by atoms with Gasteiger partial charge in [-0.25, -0.2) is 0 Å². The van der Waals surface area contributed by atoms with Gasteiger partial charge < -0.3 is 10.1 Å². The Hall–Kier alpha value is -1.02. The summed E-state index contributed by atoms with van der Waals surface area (Å²) in [7, 11) is 2.00. The molecule has 0 fully saturated rings. The number of hydrogen-bond donors (Lipinski definition) is 1. The van der Waals surface area contributed by atoms with E-state index >= 15 is 0 Å². The fraction of sp³-hybridized carbons (Fsp3) is 0.571. The molecule has 90 valence electrons. The summed E-state index contributed by atoms with van der Waals surface area (Å²) in [5, 5.41) is 3.17. The second kappa shape index (κ2) is 8.17. The van der Waals surface area contributed by atoms with Crippen LogP contribution in [0.3, 0.4) is 0 Å². The van der Waals surface area contributed by atoms with Gasteiger partial charge in [0.2, 0.25) is 0 Å². The molecule has 0 unspecified atom stereocenters. The molecule has 1 rings (SSSR count). The molecule has 1 N–H and O–H groups in total. The summed E-state index contributed by atoms with van der Waals surface area (Å²) in [5.74, 6) is 0.987. The minimum Gasteiger partial charge on any atom is -0.494 e. The Morgan fingerprint density at radius 2 is 1.88 bits per heavy atom. The topological polar surface area (TPSA) is 21.3 Å². The van der Waals surface area contributed by atoms with E-state index in [0.29, 0.717) is 0 Å². The van der Waals surface area contributed by atoms with E-state index in [4.69, 9.17) is 4.74 Å². The maximum absolute atomic E-state index is 5.54. The van der Waals surface area contributed by atoms with Crippen LogP contribution in [0, 0.1) is 0 Å². The zero-order chi connectivity index (χ0) is 11.6. The summed E-state index contributed by atoms with van der Waals surface area (Å²) in [6, 6.07) is 8.49. The number of hydrogen-bond acceptors (Lipinski definition) is 2. The molecule has 0 aliphatic carbocycles. The first-order valence-corrected chi connectivity index (χ1v) is 6.23. The molecule has 0 spiro atoms. The summed E-state index contributed by atoms with van der Waals surface area (Å²) in [6.07, 6.45) is 4.71. The van der Waals surface area contributed by atoms with Crippen LogP contribution >= 0.6 is 0 Å². The summed E-state index contributed by atoms with van der Waals surface area (Å²) in [4.78, 5) is 0. The molecular formula is C14H23NO. The molecule has 2 nitrogen and oxygen atoms in total. The lowest BCUT2D eigenvalue weighted by Gasteiger charge is -2.06. The molecule has 1 aromatic rings. The molecule has 2 heteroatoms. The number of benzene rings is 1. The van der Waals surface area contributed by atoms with Crippen molar-refractivity contribution < 1.29 is 4.74 Å². The number of nitrogens with one attached hydrogen (secondary N) is 1. The molecule has 0 saturated carbocycles. The molecule has 0 radical (unpaired) electrons. The Labute approximate surface area is 99.0 Å². The van der Waals surface area contributed by atoms with Gasteiger partial charge in [0.25, 0.3) is 0 Å². The van der Waals surface area contributed by atoms with Crippen molar-refractivity contribution in [2.75, 3.05) is 20.2 Å². The standard InChI is InChI=1S/C14H23NO/c1-3-12-16-14-9-7-13(8-10-14)6-4-5-11-15-2/h7-10,15H,3-6,11-12H2,1-2H3. The second-order valence-corrected chi connectivity index (χ2v) is 4.05. The van der Waals surface area contributed by atoms with Crippen molar-refractivity contribution in [3.8, 4) is 5.75 Å². The van der Waals surface area contributed by atoms with Gasteiger partial charge in [0.05, 0.1) is 6.61 Å². The minimum absolute atomic E-state index is 0.807. The average molecular weight is 221 g/mol. The molecule has 0 aliphatic heterocycles. The van der Waals surface area contributed by atoms with Gasteiger partial charge in [-0.2, -0.15) is 0 Å². The Morgan fingerprint density at radius 3 is 2.50 bits per heavy atom. The number of ether oxygens (including phenoxy) is 1. The van der Waals surface area contributed by atoms with Crippen molar-refractivity contribution in [3.63, 3.8) is 0 Å². The van der Waals surface area contributed by atoms with Crippen LogP contribution in [0.25, 0.3) is 0 Å². The zero-order valence-electron chi connectivity index (χ0n) is 10.5. The molecule has 0 aromatic heterocycles. The molecule has 1 aromatic carbocycles. The Morgan fingerprint density at radius 1 is 1.12 bits per heavy atom. The van der Waals surface area contributed by atoms with Gasteiger partial charge in [-0.1, -0.05) is 19.1 Å². The number of rotatable bonds is 8. The SMILES string of the molecule is CCCOc1ccc(CCCCNC)cc1. The maximum atomic E-state index is 5.54. The van der Waals surface area contributed by atoms with E-state index in [1.165, 1.54) is 18.4 Å². The van der Waals surface area contributed by atoms with Gasteiger partial charge in [0.1, 0.15) is 5.75 Å². The molecule has 0 saturated heterocycles. The highest BCUT2D eigenvalue weighted by atomic mass is 16.5. The lowest BCUT2D eigenvalue weighted by Crippen LogP contribution is -2.07. The van der Waals surface area contributed by atoms with Crippen LogP contribution in [-0.4, -0.2) is 20.2 Å². The van der Waals surface area contributed by atoms with Crippen LogP contribution in [0.4, 0.5) is 0 Å². The molecule has 0 amide bonds. The number of aryl methyl sites for hydroxylation is 1. The van der Waals surface area contributed by atoms with Crippen molar-refractivity contribution in [1.82, 2.24) is 5.32 Å². The van der Waals surface area contributed by atoms with Gasteiger partial charge in [-0.05, 0) is 57.0 Å². The summed E-state index contributed by atoms with van der Waals surface area (Å²) in [5.41, 5.74) is 1.40. The lowest BCUT2D eigenvalue weighted by molar-refractivity contribution is 0.317. The van der Waals surface area contributed by atoms with Crippen LogP contribution in [0.2, 0.25) is 0 Å². The molecule has 16 heavy (non-hydrogen) atoms. The summed E-state index contributed by atoms with van der Waals surface area (Å²) < 4.78 is 5.54. The molecule has 0 heterocycles. The second-order valence-electron chi connectivity index (χ2n) is 4.05. The third-order valence-electron chi connectivity index (χ3n) is 2.54. The maximum Gasteiger partial charge on any atom is 0.119 e. The van der Waals surface area contributed by atoms with Crippen molar-refractivity contribution in [3.05, 3.63) is 29.8 Å². The third-order valence-corrected chi connectivity index (χ3v) is 2.54. The predicted octanol–water partition coefficient (Wildman–Crippen LogP) is 3.02. The van der Waals surface area contributed by atoms with Crippen LogP contribution in [-0.2, 0) is 6.42 Å². The molecule has 0 atom stereocenters. The summed E-state index contributed by atoms with van der Waals surface area (Å²) >= 11 is 0. The van der Waals surface area contributed by atoms with Crippen LogP contribution in [0.1, 0.15) is 31.7 Å². The largest absolute Gasteiger partial charge is 0.494 e. The Bertz CT molecular complexity index is 269. The predicted molar refractivity (Wildman–Crippen MR) is 69.1 cm³/mol. The minimum atomic E-state index is 0.807. The monoisotopic (exact) mass is 221 g/mol. The van der Waals surface area contributed by atoms with Crippen LogP contribution < -0.4 is 10.1 Å². The zero-order valence-corrected chi connectivity index (χ0v) is 10.5. The van der Waals surface area contributed by atoms with E-state index in [2.05, 4.69) is 36.5 Å². The quantitative estimate of drug-likeness (QED) is 0.681. The van der Waals surface area contributed by atoms with E-state index < -0.39 is 0 Å². The number of unbranched alkanes of at least 4 members (excludes halogenated alkanes) is 1. The highest BCUT2D eigenvalue weighted by Crippen LogP contribution is 2.13. The highest BCUT2D eigenvalue weighted by molar-refractivity contribution is 5.27. The molecule has 0 aliphatic rings. The first-order chi connectivity index (χ1) is 7.86. The van der Waals surface area contributed by atoms with E-state index in [1.807, 2.05) is 7.05 Å². The van der Waals surface area contributed by atoms with Gasteiger partial charge in [-0.3, -0.25) is 0 Å². The smallest absolute Gasteiger partial charge is 0.119 e. The summed E-state index contributed by atoms with van der Waals surface area (Å²) in [6.45, 7) is 4.04. The first kappa shape index (κ1) is 13.0. The van der Waals surface area contributed by atoms with Gasteiger partial charge in [0, 0.05) is 0 Å². The molecule has 0 bridgehead atoms. The fourth-order valence-electron chi connectivity index (χ4n) is 1.60.